The first kappa shape index (κ1) is 12.4. The summed E-state index contributed by atoms with van der Waals surface area (Å²) in [5, 5.41) is 0.236. The topological polar surface area (TPSA) is 43.1 Å². The van der Waals surface area contributed by atoms with Crippen LogP contribution in [0, 0.1) is 0 Å². The zero-order chi connectivity index (χ0) is 11.3. The Morgan fingerprint density at radius 1 is 1.33 bits per heavy atom. The lowest BCUT2D eigenvalue weighted by atomic mass is 10.1. The van der Waals surface area contributed by atoms with E-state index in [1.54, 1.807) is 0 Å². The van der Waals surface area contributed by atoms with E-state index >= 15 is 0 Å². The molecule has 3 heteroatoms. The van der Waals surface area contributed by atoms with E-state index in [4.69, 9.17) is 5.73 Å². The Bertz CT molecular complexity index is 313. The van der Waals surface area contributed by atoms with Crippen molar-refractivity contribution in [1.82, 2.24) is 0 Å². The monoisotopic (exact) mass is 225 g/mol. The molecule has 0 bridgehead atoms. The van der Waals surface area contributed by atoms with Crippen molar-refractivity contribution in [3.05, 3.63) is 35.9 Å². The van der Waals surface area contributed by atoms with E-state index in [1.807, 2.05) is 37.3 Å². The van der Waals surface area contributed by atoms with Crippen molar-refractivity contribution in [3.8, 4) is 0 Å². The van der Waals surface area contributed by atoms with Crippen LogP contribution in [0.15, 0.2) is 30.3 Å². The van der Waals surface area contributed by atoms with E-state index in [9.17, 15) is 4.21 Å². The van der Waals surface area contributed by atoms with Crippen molar-refractivity contribution >= 4 is 10.8 Å². The Hall–Kier alpha value is -0.670. The lowest BCUT2D eigenvalue weighted by Crippen LogP contribution is -2.23. The maximum Gasteiger partial charge on any atom is 0.0431 e. The lowest BCUT2D eigenvalue weighted by molar-refractivity contribution is 0.662. The van der Waals surface area contributed by atoms with Crippen LogP contribution in [0.3, 0.4) is 0 Å². The second-order valence-corrected chi connectivity index (χ2v) is 5.68. The van der Waals surface area contributed by atoms with Gasteiger partial charge in [-0.3, -0.25) is 4.21 Å². The quantitative estimate of drug-likeness (QED) is 0.835. The van der Waals surface area contributed by atoms with Crippen molar-refractivity contribution < 1.29 is 4.21 Å². The van der Waals surface area contributed by atoms with E-state index in [-0.39, 0.29) is 11.3 Å². The molecule has 2 nitrogen and oxygen atoms in total. The minimum atomic E-state index is -0.820. The third-order valence-electron chi connectivity index (χ3n) is 2.60. The molecular weight excluding hydrogens is 206 g/mol. The van der Waals surface area contributed by atoms with Crippen molar-refractivity contribution in [2.24, 2.45) is 5.73 Å². The van der Waals surface area contributed by atoms with E-state index in [0.717, 1.165) is 12.0 Å². The van der Waals surface area contributed by atoms with Crippen LogP contribution in [-0.2, 0) is 10.8 Å². The first-order valence-electron chi connectivity index (χ1n) is 5.32. The van der Waals surface area contributed by atoms with E-state index in [0.29, 0.717) is 5.75 Å². The third-order valence-corrected chi connectivity index (χ3v) is 4.51. The molecule has 0 aliphatic heterocycles. The third kappa shape index (κ3) is 3.76. The van der Waals surface area contributed by atoms with Gasteiger partial charge in [-0.25, -0.2) is 0 Å². The predicted molar refractivity (Wildman–Crippen MR) is 66.1 cm³/mol. The molecule has 0 saturated heterocycles. The van der Waals surface area contributed by atoms with Gasteiger partial charge in [-0.1, -0.05) is 44.2 Å². The van der Waals surface area contributed by atoms with Gasteiger partial charge in [0.1, 0.15) is 0 Å². The van der Waals surface area contributed by atoms with E-state index in [2.05, 4.69) is 6.92 Å². The fourth-order valence-corrected chi connectivity index (χ4v) is 2.57. The molecule has 84 valence electrons. The summed E-state index contributed by atoms with van der Waals surface area (Å²) < 4.78 is 11.8. The number of rotatable bonds is 5. The smallest absolute Gasteiger partial charge is 0.0431 e. The van der Waals surface area contributed by atoms with Gasteiger partial charge in [0, 0.05) is 27.8 Å². The van der Waals surface area contributed by atoms with Gasteiger partial charge < -0.3 is 5.73 Å². The van der Waals surface area contributed by atoms with Crippen molar-refractivity contribution in [1.29, 1.82) is 0 Å². The van der Waals surface area contributed by atoms with Crippen LogP contribution in [0.2, 0.25) is 0 Å². The number of hydrogen-bond acceptors (Lipinski definition) is 2. The van der Waals surface area contributed by atoms with Gasteiger partial charge >= 0.3 is 0 Å². The normalized spacial score (nSPS) is 17.0. The fourth-order valence-electron chi connectivity index (χ4n) is 1.32. The number of hydrogen-bond donors (Lipinski definition) is 1. The van der Waals surface area contributed by atoms with Crippen LogP contribution < -0.4 is 5.73 Å². The molecule has 0 fully saturated rings. The molecule has 0 heterocycles. The van der Waals surface area contributed by atoms with Gasteiger partial charge in [-0.05, 0) is 12.0 Å². The van der Waals surface area contributed by atoms with E-state index in [1.165, 1.54) is 0 Å². The molecule has 0 saturated carbocycles. The van der Waals surface area contributed by atoms with Crippen LogP contribution in [0.5, 0.6) is 0 Å². The highest BCUT2D eigenvalue weighted by atomic mass is 32.2. The van der Waals surface area contributed by atoms with Crippen molar-refractivity contribution in [2.75, 3.05) is 5.75 Å². The second kappa shape index (κ2) is 6.03. The highest BCUT2D eigenvalue weighted by Crippen LogP contribution is 2.13. The standard InChI is InChI=1S/C12H19NOS/c1-3-10(2)15(14)9-12(13)11-7-5-4-6-8-11/h4-8,10,12H,3,9,13H2,1-2H3. The highest BCUT2D eigenvalue weighted by Gasteiger charge is 2.14. The number of nitrogens with two attached hydrogens (primary N) is 1. The van der Waals surface area contributed by atoms with Gasteiger partial charge in [0.2, 0.25) is 0 Å². The van der Waals surface area contributed by atoms with Gasteiger partial charge in [0.15, 0.2) is 0 Å². The molecule has 2 N–H and O–H groups in total. The minimum Gasteiger partial charge on any atom is -0.323 e. The summed E-state index contributed by atoms with van der Waals surface area (Å²) in [6, 6.07) is 9.74. The van der Waals surface area contributed by atoms with Gasteiger partial charge in [0.05, 0.1) is 0 Å². The van der Waals surface area contributed by atoms with Gasteiger partial charge in [-0.2, -0.15) is 0 Å². The molecular formula is C12H19NOS. The molecule has 1 aromatic rings. The molecule has 0 amide bonds. The number of benzene rings is 1. The van der Waals surface area contributed by atoms with Crippen LogP contribution in [0.1, 0.15) is 31.9 Å². The molecule has 0 spiro atoms. The van der Waals surface area contributed by atoms with Crippen molar-refractivity contribution in [2.45, 2.75) is 31.6 Å². The van der Waals surface area contributed by atoms with Gasteiger partial charge in [0.25, 0.3) is 0 Å². The Balaban J connectivity index is 2.56. The molecule has 0 aromatic heterocycles. The van der Waals surface area contributed by atoms with Gasteiger partial charge in [-0.15, -0.1) is 0 Å². The molecule has 1 rings (SSSR count). The summed E-state index contributed by atoms with van der Waals surface area (Å²) >= 11 is 0. The summed E-state index contributed by atoms with van der Waals surface area (Å²) in [6.45, 7) is 4.06. The SMILES string of the molecule is CCC(C)S(=O)CC(N)c1ccccc1. The largest absolute Gasteiger partial charge is 0.323 e. The summed E-state index contributed by atoms with van der Waals surface area (Å²) in [6.07, 6.45) is 0.939. The highest BCUT2D eigenvalue weighted by molar-refractivity contribution is 7.85. The molecule has 15 heavy (non-hydrogen) atoms. The average Bonchev–Trinajstić information content (AvgIpc) is 2.29. The lowest BCUT2D eigenvalue weighted by Gasteiger charge is -2.14. The zero-order valence-electron chi connectivity index (χ0n) is 9.35. The Kier molecular flexibility index (Phi) is 4.99. The summed E-state index contributed by atoms with van der Waals surface area (Å²) in [4.78, 5) is 0. The fraction of sp³-hybridized carbons (Fsp3) is 0.500. The van der Waals surface area contributed by atoms with Crippen LogP contribution >= 0.6 is 0 Å². The average molecular weight is 225 g/mol. The second-order valence-electron chi connectivity index (χ2n) is 3.78. The van der Waals surface area contributed by atoms with Crippen molar-refractivity contribution in [3.63, 3.8) is 0 Å². The molecule has 0 radical (unpaired) electrons. The Labute approximate surface area is 94.3 Å². The summed E-state index contributed by atoms with van der Waals surface area (Å²) in [5.41, 5.74) is 7.06. The Morgan fingerprint density at radius 2 is 1.93 bits per heavy atom. The molecule has 0 aliphatic carbocycles. The van der Waals surface area contributed by atoms with E-state index < -0.39 is 10.8 Å². The molecule has 3 unspecified atom stereocenters. The van der Waals surface area contributed by atoms with Crippen LogP contribution in [0.25, 0.3) is 0 Å². The van der Waals surface area contributed by atoms with Crippen LogP contribution in [0.4, 0.5) is 0 Å². The first-order valence-corrected chi connectivity index (χ1v) is 6.71. The Morgan fingerprint density at radius 3 is 2.47 bits per heavy atom. The molecule has 1 aromatic carbocycles. The summed E-state index contributed by atoms with van der Waals surface area (Å²) in [5.74, 6) is 0.555. The molecule has 0 aliphatic rings. The maximum absolute atomic E-state index is 11.8. The molecule has 3 atom stereocenters. The maximum atomic E-state index is 11.8. The zero-order valence-corrected chi connectivity index (χ0v) is 10.2. The predicted octanol–water partition coefficient (Wildman–Crippen LogP) is 2.23. The van der Waals surface area contributed by atoms with Crippen LogP contribution in [-0.4, -0.2) is 15.2 Å². The first-order chi connectivity index (χ1) is 7.15. The summed E-state index contributed by atoms with van der Waals surface area (Å²) in [7, 11) is -0.820. The minimum absolute atomic E-state index is 0.110.